The molecule has 1 saturated carbocycles. The van der Waals surface area contributed by atoms with Crippen molar-refractivity contribution in [2.24, 2.45) is 0 Å². The third-order valence-electron chi connectivity index (χ3n) is 4.89. The van der Waals surface area contributed by atoms with Crippen molar-refractivity contribution >= 4 is 5.91 Å². The van der Waals surface area contributed by atoms with Crippen molar-refractivity contribution < 1.29 is 4.79 Å². The monoisotopic (exact) mass is 300 g/mol. The van der Waals surface area contributed by atoms with Crippen LogP contribution < -0.4 is 0 Å². The molecule has 0 radical (unpaired) electrons. The van der Waals surface area contributed by atoms with E-state index in [0.717, 1.165) is 19.6 Å². The number of carbonyl (C=O) groups is 1. The lowest BCUT2D eigenvalue weighted by Crippen LogP contribution is -2.39. The van der Waals surface area contributed by atoms with Crippen molar-refractivity contribution in [3.05, 3.63) is 35.4 Å². The fourth-order valence-corrected chi connectivity index (χ4v) is 3.24. The first-order valence-corrected chi connectivity index (χ1v) is 8.74. The van der Waals surface area contributed by atoms with E-state index in [2.05, 4.69) is 43.0 Å². The van der Waals surface area contributed by atoms with Gasteiger partial charge in [0.2, 0.25) is 5.91 Å². The lowest BCUT2D eigenvalue weighted by Gasteiger charge is -2.25. The predicted molar refractivity (Wildman–Crippen MR) is 89.8 cm³/mol. The second-order valence-corrected chi connectivity index (χ2v) is 7.12. The highest BCUT2D eigenvalue weighted by molar-refractivity contribution is 5.78. The van der Waals surface area contributed by atoms with E-state index in [1.807, 2.05) is 4.90 Å². The van der Waals surface area contributed by atoms with E-state index < -0.39 is 0 Å². The number of likely N-dealkylation sites (tertiary alicyclic amines) is 1. The molecule has 1 aromatic rings. The van der Waals surface area contributed by atoms with Crippen molar-refractivity contribution in [3.63, 3.8) is 0 Å². The predicted octanol–water partition coefficient (Wildman–Crippen LogP) is 3.40. The van der Waals surface area contributed by atoms with Gasteiger partial charge in [-0.15, -0.1) is 0 Å². The zero-order chi connectivity index (χ0) is 15.5. The molecule has 1 amide bonds. The minimum Gasteiger partial charge on any atom is -0.342 e. The van der Waals surface area contributed by atoms with Crippen LogP contribution in [0.5, 0.6) is 0 Å². The molecule has 1 aromatic carbocycles. The second-order valence-electron chi connectivity index (χ2n) is 7.12. The number of hydrogen-bond donors (Lipinski definition) is 0. The maximum absolute atomic E-state index is 12.4. The van der Waals surface area contributed by atoms with E-state index >= 15 is 0 Å². The van der Waals surface area contributed by atoms with E-state index in [-0.39, 0.29) is 0 Å². The van der Waals surface area contributed by atoms with Crippen LogP contribution in [0.2, 0.25) is 0 Å². The third-order valence-corrected chi connectivity index (χ3v) is 4.89. The summed E-state index contributed by atoms with van der Waals surface area (Å²) in [6, 6.07) is 9.54. The number of carbonyl (C=O) groups excluding carboxylic acids is 1. The molecule has 1 saturated heterocycles. The number of hydrogen-bond acceptors (Lipinski definition) is 2. The first-order chi connectivity index (χ1) is 10.6. The first kappa shape index (κ1) is 15.5. The summed E-state index contributed by atoms with van der Waals surface area (Å²) in [5, 5.41) is 0. The minimum atomic E-state index is 0.322. The van der Waals surface area contributed by atoms with Crippen LogP contribution in [0.25, 0.3) is 0 Å². The van der Waals surface area contributed by atoms with Gasteiger partial charge >= 0.3 is 0 Å². The lowest BCUT2D eigenvalue weighted by atomic mass is 10.0. The Morgan fingerprint density at radius 2 is 1.82 bits per heavy atom. The number of nitrogens with zero attached hydrogens (tertiary/aromatic N) is 2. The summed E-state index contributed by atoms with van der Waals surface area (Å²) in [4.78, 5) is 16.8. The summed E-state index contributed by atoms with van der Waals surface area (Å²) >= 11 is 0. The summed E-state index contributed by atoms with van der Waals surface area (Å²) in [6.45, 7) is 7.86. The van der Waals surface area contributed by atoms with Crippen LogP contribution in [0, 0.1) is 0 Å². The Morgan fingerprint density at radius 3 is 2.36 bits per heavy atom. The zero-order valence-corrected chi connectivity index (χ0v) is 13.9. The van der Waals surface area contributed by atoms with Gasteiger partial charge in [-0.05, 0) is 42.7 Å². The standard InChI is InChI=1S/C19H28N2O/c1-15(2)17-7-5-16(6-8-17)13-21(18-9-10-18)14-19(22)20-11-3-4-12-20/h5-8,15,18H,3-4,9-14H2,1-2H3. The van der Waals surface area contributed by atoms with Gasteiger partial charge in [0.15, 0.2) is 0 Å². The molecule has 0 atom stereocenters. The molecule has 3 heteroatoms. The average molecular weight is 300 g/mol. The molecule has 0 N–H and O–H groups in total. The van der Waals surface area contributed by atoms with Gasteiger partial charge in [-0.1, -0.05) is 38.1 Å². The number of amides is 1. The SMILES string of the molecule is CC(C)c1ccc(CN(CC(=O)N2CCCC2)C2CC2)cc1. The van der Waals surface area contributed by atoms with Gasteiger partial charge < -0.3 is 4.90 Å². The smallest absolute Gasteiger partial charge is 0.236 e. The Morgan fingerprint density at radius 1 is 1.18 bits per heavy atom. The third kappa shape index (κ3) is 3.89. The highest BCUT2D eigenvalue weighted by Gasteiger charge is 2.31. The summed E-state index contributed by atoms with van der Waals surface area (Å²) in [7, 11) is 0. The van der Waals surface area contributed by atoms with Gasteiger partial charge in [0.1, 0.15) is 0 Å². The molecule has 3 nitrogen and oxygen atoms in total. The molecule has 22 heavy (non-hydrogen) atoms. The first-order valence-electron chi connectivity index (χ1n) is 8.74. The normalized spacial score (nSPS) is 18.5. The van der Waals surface area contributed by atoms with Crippen molar-refractivity contribution in [1.82, 2.24) is 9.80 Å². The number of rotatable bonds is 6. The molecule has 3 rings (SSSR count). The van der Waals surface area contributed by atoms with Gasteiger partial charge in [-0.25, -0.2) is 0 Å². The van der Waals surface area contributed by atoms with Crippen molar-refractivity contribution in [2.45, 2.75) is 58.0 Å². The maximum atomic E-state index is 12.4. The topological polar surface area (TPSA) is 23.6 Å². The molecule has 1 aliphatic carbocycles. The molecule has 2 aliphatic rings. The fourth-order valence-electron chi connectivity index (χ4n) is 3.24. The Kier molecular flexibility index (Phi) is 4.82. The minimum absolute atomic E-state index is 0.322. The summed E-state index contributed by atoms with van der Waals surface area (Å²) in [6.07, 6.45) is 4.84. The quantitative estimate of drug-likeness (QED) is 0.804. The molecular weight excluding hydrogens is 272 g/mol. The fraction of sp³-hybridized carbons (Fsp3) is 0.632. The van der Waals surface area contributed by atoms with Gasteiger partial charge in [0.05, 0.1) is 6.54 Å². The van der Waals surface area contributed by atoms with Crippen LogP contribution in [0.15, 0.2) is 24.3 Å². The zero-order valence-electron chi connectivity index (χ0n) is 13.9. The molecule has 120 valence electrons. The lowest BCUT2D eigenvalue weighted by molar-refractivity contribution is -0.131. The molecule has 0 unspecified atom stereocenters. The summed E-state index contributed by atoms with van der Waals surface area (Å²) < 4.78 is 0. The summed E-state index contributed by atoms with van der Waals surface area (Å²) in [5.74, 6) is 0.897. The van der Waals surface area contributed by atoms with E-state index in [1.54, 1.807) is 0 Å². The van der Waals surface area contributed by atoms with Crippen molar-refractivity contribution in [2.75, 3.05) is 19.6 Å². The van der Waals surface area contributed by atoms with Crippen LogP contribution in [0.4, 0.5) is 0 Å². The molecule has 0 bridgehead atoms. The van der Waals surface area contributed by atoms with E-state index in [0.29, 0.717) is 24.4 Å². The molecule has 2 fully saturated rings. The van der Waals surface area contributed by atoms with Crippen molar-refractivity contribution in [3.8, 4) is 0 Å². The van der Waals surface area contributed by atoms with Gasteiger partial charge in [0.25, 0.3) is 0 Å². The molecule has 1 heterocycles. The van der Waals surface area contributed by atoms with E-state index in [4.69, 9.17) is 0 Å². The molecule has 0 aromatic heterocycles. The Bertz CT molecular complexity index is 499. The molecule has 0 spiro atoms. The van der Waals surface area contributed by atoms with Gasteiger partial charge in [-0.3, -0.25) is 9.69 Å². The van der Waals surface area contributed by atoms with Crippen LogP contribution in [0.3, 0.4) is 0 Å². The average Bonchev–Trinajstić information content (AvgIpc) is 3.21. The number of benzene rings is 1. The highest BCUT2D eigenvalue weighted by atomic mass is 16.2. The Balaban J connectivity index is 1.60. The van der Waals surface area contributed by atoms with Crippen LogP contribution in [0.1, 0.15) is 56.6 Å². The highest BCUT2D eigenvalue weighted by Crippen LogP contribution is 2.28. The van der Waals surface area contributed by atoms with Crippen LogP contribution in [-0.4, -0.2) is 41.4 Å². The van der Waals surface area contributed by atoms with Crippen LogP contribution in [-0.2, 0) is 11.3 Å². The Hall–Kier alpha value is -1.35. The van der Waals surface area contributed by atoms with Gasteiger partial charge in [0, 0.05) is 25.7 Å². The maximum Gasteiger partial charge on any atom is 0.236 e. The largest absolute Gasteiger partial charge is 0.342 e. The van der Waals surface area contributed by atoms with Crippen molar-refractivity contribution in [1.29, 1.82) is 0 Å². The Labute approximate surface area is 134 Å². The van der Waals surface area contributed by atoms with Gasteiger partial charge in [-0.2, -0.15) is 0 Å². The van der Waals surface area contributed by atoms with Crippen LogP contribution >= 0.6 is 0 Å². The summed E-state index contributed by atoms with van der Waals surface area (Å²) in [5.41, 5.74) is 2.71. The molecular formula is C19H28N2O. The molecule has 1 aliphatic heterocycles. The second kappa shape index (κ2) is 6.82. The van der Waals surface area contributed by atoms with E-state index in [9.17, 15) is 4.79 Å². The van der Waals surface area contributed by atoms with E-state index in [1.165, 1.54) is 36.8 Å².